The molecular formula is C12H20N4O2. The third-order valence-corrected chi connectivity index (χ3v) is 3.05. The van der Waals surface area contributed by atoms with Crippen molar-refractivity contribution in [1.82, 2.24) is 19.9 Å². The number of morpholine rings is 1. The molecule has 2 heterocycles. The van der Waals surface area contributed by atoms with Gasteiger partial charge in [-0.1, -0.05) is 12.1 Å². The van der Waals surface area contributed by atoms with E-state index in [9.17, 15) is 4.79 Å². The zero-order valence-electron chi connectivity index (χ0n) is 11.0. The molecule has 1 aromatic heterocycles. The van der Waals surface area contributed by atoms with Crippen molar-refractivity contribution < 1.29 is 9.53 Å². The summed E-state index contributed by atoms with van der Waals surface area (Å²) in [6.07, 6.45) is 2.86. The quantitative estimate of drug-likeness (QED) is 0.740. The van der Waals surface area contributed by atoms with Gasteiger partial charge in [0.05, 0.1) is 18.7 Å². The summed E-state index contributed by atoms with van der Waals surface area (Å²) in [4.78, 5) is 14.4. The van der Waals surface area contributed by atoms with Gasteiger partial charge in [0.1, 0.15) is 6.10 Å². The number of aryl methyl sites for hydroxylation is 1. The number of ether oxygens (including phenoxy) is 1. The van der Waals surface area contributed by atoms with Crippen LogP contribution in [0.5, 0.6) is 0 Å². The number of hydrogen-bond acceptors (Lipinski definition) is 5. The van der Waals surface area contributed by atoms with E-state index in [1.807, 2.05) is 0 Å². The number of aromatic nitrogens is 3. The average molecular weight is 252 g/mol. The smallest absolute Gasteiger partial charge is 0.168 e. The molecule has 0 aromatic carbocycles. The molecule has 0 aliphatic carbocycles. The lowest BCUT2D eigenvalue weighted by Gasteiger charge is -2.31. The maximum absolute atomic E-state index is 12.1. The highest BCUT2D eigenvalue weighted by Gasteiger charge is 2.26. The summed E-state index contributed by atoms with van der Waals surface area (Å²) in [7, 11) is 1.79. The molecule has 6 heteroatoms. The van der Waals surface area contributed by atoms with E-state index in [-0.39, 0.29) is 11.9 Å². The molecule has 0 bridgehead atoms. The lowest BCUT2D eigenvalue weighted by Crippen LogP contribution is -2.46. The maximum atomic E-state index is 12.1. The van der Waals surface area contributed by atoms with Gasteiger partial charge >= 0.3 is 0 Å². The van der Waals surface area contributed by atoms with Gasteiger partial charge in [0.15, 0.2) is 5.78 Å². The Morgan fingerprint density at radius 1 is 1.61 bits per heavy atom. The van der Waals surface area contributed by atoms with E-state index in [4.69, 9.17) is 4.74 Å². The average Bonchev–Trinajstić information content (AvgIpc) is 2.75. The van der Waals surface area contributed by atoms with Crippen LogP contribution in [0.15, 0.2) is 6.20 Å². The maximum Gasteiger partial charge on any atom is 0.168 e. The Hall–Kier alpha value is -1.27. The van der Waals surface area contributed by atoms with Gasteiger partial charge in [-0.25, -0.2) is 0 Å². The highest BCUT2D eigenvalue weighted by Crippen LogP contribution is 2.09. The molecular weight excluding hydrogens is 232 g/mol. The minimum atomic E-state index is -0.313. The molecule has 1 atom stereocenters. The van der Waals surface area contributed by atoms with E-state index >= 15 is 0 Å². The van der Waals surface area contributed by atoms with Crippen LogP contribution in [0.1, 0.15) is 19.0 Å². The van der Waals surface area contributed by atoms with Gasteiger partial charge in [0.2, 0.25) is 0 Å². The zero-order valence-corrected chi connectivity index (χ0v) is 11.0. The highest BCUT2D eigenvalue weighted by molar-refractivity contribution is 5.85. The van der Waals surface area contributed by atoms with Crippen LogP contribution in [0, 0.1) is 0 Å². The van der Waals surface area contributed by atoms with Crippen LogP contribution in [0.4, 0.5) is 0 Å². The van der Waals surface area contributed by atoms with Crippen molar-refractivity contribution in [3.05, 3.63) is 11.9 Å². The molecule has 1 saturated heterocycles. The van der Waals surface area contributed by atoms with E-state index in [1.54, 1.807) is 17.9 Å². The number of Topliss-reactive ketones (excluding diaryl/α,β-unsaturated/α-hetero) is 1. The Kier molecular flexibility index (Phi) is 4.43. The molecule has 100 valence electrons. The first-order valence-electron chi connectivity index (χ1n) is 6.41. The van der Waals surface area contributed by atoms with Crippen LogP contribution in [0.3, 0.4) is 0 Å². The minimum Gasteiger partial charge on any atom is -0.368 e. The van der Waals surface area contributed by atoms with Crippen LogP contribution in [0.2, 0.25) is 0 Å². The Morgan fingerprint density at radius 3 is 3.11 bits per heavy atom. The molecule has 2 rings (SSSR count). The van der Waals surface area contributed by atoms with Gasteiger partial charge < -0.3 is 4.74 Å². The summed E-state index contributed by atoms with van der Waals surface area (Å²) in [5.41, 5.74) is 0.707. The van der Waals surface area contributed by atoms with E-state index in [2.05, 4.69) is 22.1 Å². The number of carbonyl (C=O) groups excluding carboxylic acids is 1. The molecule has 1 aliphatic heterocycles. The van der Waals surface area contributed by atoms with E-state index in [0.717, 1.165) is 19.5 Å². The van der Waals surface area contributed by atoms with Crippen LogP contribution in [0.25, 0.3) is 0 Å². The zero-order chi connectivity index (χ0) is 13.0. The van der Waals surface area contributed by atoms with Gasteiger partial charge in [0.25, 0.3) is 0 Å². The molecule has 1 aromatic rings. The SMILES string of the molecule is CCCN1CCOC(C(=O)Cc2cn(C)nn2)C1. The van der Waals surface area contributed by atoms with Crippen molar-refractivity contribution in [2.45, 2.75) is 25.9 Å². The van der Waals surface area contributed by atoms with Crippen molar-refractivity contribution in [3.63, 3.8) is 0 Å². The number of hydrogen-bond donors (Lipinski definition) is 0. The largest absolute Gasteiger partial charge is 0.368 e. The van der Waals surface area contributed by atoms with Gasteiger partial charge in [-0.15, -0.1) is 5.10 Å². The normalized spacial score (nSPS) is 21.1. The highest BCUT2D eigenvalue weighted by atomic mass is 16.5. The van der Waals surface area contributed by atoms with Gasteiger partial charge in [0, 0.05) is 26.3 Å². The van der Waals surface area contributed by atoms with Crippen LogP contribution >= 0.6 is 0 Å². The Morgan fingerprint density at radius 2 is 2.44 bits per heavy atom. The van der Waals surface area contributed by atoms with Gasteiger partial charge in [-0.2, -0.15) is 0 Å². The molecule has 0 saturated carbocycles. The van der Waals surface area contributed by atoms with E-state index in [1.165, 1.54) is 0 Å². The predicted molar refractivity (Wildman–Crippen MR) is 66.2 cm³/mol. The molecule has 0 N–H and O–H groups in total. The monoisotopic (exact) mass is 252 g/mol. The molecule has 0 spiro atoms. The third kappa shape index (κ3) is 3.36. The number of ketones is 1. The first-order valence-corrected chi connectivity index (χ1v) is 6.41. The van der Waals surface area contributed by atoms with Crippen molar-refractivity contribution >= 4 is 5.78 Å². The van der Waals surface area contributed by atoms with Gasteiger partial charge in [-0.3, -0.25) is 14.4 Å². The van der Waals surface area contributed by atoms with Crippen LogP contribution < -0.4 is 0 Å². The summed E-state index contributed by atoms with van der Waals surface area (Å²) >= 11 is 0. The second kappa shape index (κ2) is 6.06. The molecule has 6 nitrogen and oxygen atoms in total. The fraction of sp³-hybridized carbons (Fsp3) is 0.750. The molecule has 18 heavy (non-hydrogen) atoms. The molecule has 0 radical (unpaired) electrons. The predicted octanol–water partition coefficient (Wildman–Crippen LogP) is 0.0375. The summed E-state index contributed by atoms with van der Waals surface area (Å²) in [5, 5.41) is 7.75. The topological polar surface area (TPSA) is 60.2 Å². The Balaban J connectivity index is 1.88. The fourth-order valence-electron chi connectivity index (χ4n) is 2.19. The summed E-state index contributed by atoms with van der Waals surface area (Å²) < 4.78 is 7.15. The molecule has 0 amide bonds. The summed E-state index contributed by atoms with van der Waals surface area (Å²) in [6, 6.07) is 0. The summed E-state index contributed by atoms with van der Waals surface area (Å²) in [5.74, 6) is 0.0938. The van der Waals surface area contributed by atoms with Crippen molar-refractivity contribution in [1.29, 1.82) is 0 Å². The first-order chi connectivity index (χ1) is 8.69. The van der Waals surface area contributed by atoms with Gasteiger partial charge in [-0.05, 0) is 13.0 Å². The van der Waals surface area contributed by atoms with Crippen molar-refractivity contribution in [2.24, 2.45) is 7.05 Å². The summed E-state index contributed by atoms with van der Waals surface area (Å²) in [6.45, 7) is 5.43. The molecule has 1 aliphatic rings. The standard InChI is InChI=1S/C12H20N4O2/c1-3-4-16-5-6-18-12(9-16)11(17)7-10-8-15(2)14-13-10/h8,12H,3-7,9H2,1-2H3. The molecule has 1 unspecified atom stereocenters. The lowest BCUT2D eigenvalue weighted by molar-refractivity contribution is -0.135. The van der Waals surface area contributed by atoms with Crippen LogP contribution in [-0.4, -0.2) is 58.0 Å². The second-order valence-electron chi connectivity index (χ2n) is 4.69. The van der Waals surface area contributed by atoms with Crippen molar-refractivity contribution in [3.8, 4) is 0 Å². The van der Waals surface area contributed by atoms with E-state index in [0.29, 0.717) is 25.3 Å². The Labute approximate surface area is 107 Å². The molecule has 1 fully saturated rings. The van der Waals surface area contributed by atoms with E-state index < -0.39 is 0 Å². The third-order valence-electron chi connectivity index (χ3n) is 3.05. The first kappa shape index (κ1) is 13.2. The number of nitrogens with zero attached hydrogens (tertiary/aromatic N) is 4. The van der Waals surface area contributed by atoms with Crippen LogP contribution in [-0.2, 0) is 23.0 Å². The minimum absolute atomic E-state index is 0.0938. The number of carbonyl (C=O) groups is 1. The lowest BCUT2D eigenvalue weighted by atomic mass is 10.1. The number of rotatable bonds is 5. The Bertz CT molecular complexity index is 403. The second-order valence-corrected chi connectivity index (χ2v) is 4.69. The van der Waals surface area contributed by atoms with Crippen molar-refractivity contribution in [2.75, 3.05) is 26.2 Å². The fourth-order valence-corrected chi connectivity index (χ4v) is 2.19.